The molecule has 0 saturated carbocycles. The monoisotopic (exact) mass is 136 g/mol. The van der Waals surface area contributed by atoms with Gasteiger partial charge in [-0.2, -0.15) is 0 Å². The number of rotatable bonds is 4. The summed E-state index contributed by atoms with van der Waals surface area (Å²) in [7, 11) is 0. The average Bonchev–Trinajstić information content (AvgIpc) is 1.85. The Balaban J connectivity index is 3.60. The molecule has 54 valence electrons. The average molecular weight is 136 g/mol. The zero-order valence-electron chi connectivity index (χ0n) is 6.31. The van der Waals surface area contributed by atoms with Crippen molar-refractivity contribution in [2.24, 2.45) is 0 Å². The largest absolute Gasteiger partial charge is 0.233 e. The summed E-state index contributed by atoms with van der Waals surface area (Å²) in [5.74, 6) is 1.69. The second-order valence-corrected chi connectivity index (χ2v) is 2.38. The van der Waals surface area contributed by atoms with Gasteiger partial charge in [0.25, 0.3) is 0 Å². The van der Waals surface area contributed by atoms with Crippen LogP contribution >= 0.6 is 0 Å². The van der Waals surface area contributed by atoms with Crippen LogP contribution in [0.3, 0.4) is 0 Å². The molecule has 0 aliphatic heterocycles. The van der Waals surface area contributed by atoms with Crippen molar-refractivity contribution in [2.45, 2.75) is 19.8 Å². The fourth-order valence-electron chi connectivity index (χ4n) is 0.529. The molecule has 10 heavy (non-hydrogen) atoms. The zero-order chi connectivity index (χ0) is 7.98. The maximum absolute atomic E-state index is 9.80. The van der Waals surface area contributed by atoms with Gasteiger partial charge < -0.3 is 0 Å². The highest BCUT2D eigenvalue weighted by molar-refractivity contribution is 5.51. The van der Waals surface area contributed by atoms with Crippen molar-refractivity contribution in [2.75, 3.05) is 0 Å². The van der Waals surface area contributed by atoms with Gasteiger partial charge in [0.2, 0.25) is 0 Å². The van der Waals surface area contributed by atoms with Gasteiger partial charge in [-0.25, -0.2) is 4.79 Å². The summed E-state index contributed by atoms with van der Waals surface area (Å²) >= 11 is 0. The number of carbonyl (C=O) groups excluding carboxylic acids is 1. The van der Waals surface area contributed by atoms with E-state index in [1.165, 1.54) is 6.08 Å². The number of hydrogen-bond donors (Lipinski definition) is 0. The molecule has 0 aromatic heterocycles. The third kappa shape index (κ3) is 5.07. The van der Waals surface area contributed by atoms with Crippen molar-refractivity contribution < 1.29 is 4.79 Å². The highest BCUT2D eigenvalue weighted by Crippen LogP contribution is 2.07. The number of hydrogen-bond acceptors (Lipinski definition) is 1. The Hall–Kier alpha value is -1.07. The number of allylic oxidation sites excluding steroid dienone is 3. The van der Waals surface area contributed by atoms with Crippen LogP contribution in [0, 0.1) is 0 Å². The summed E-state index contributed by atoms with van der Waals surface area (Å²) in [5, 5.41) is 0. The molecule has 0 radical (unpaired) electrons. The molecule has 0 heterocycles. The Kier molecular flexibility index (Phi) is 4.26. The Bertz CT molecular complexity index is 183. The second-order valence-electron chi connectivity index (χ2n) is 2.38. The fourth-order valence-corrected chi connectivity index (χ4v) is 0.529. The lowest BCUT2D eigenvalue weighted by Crippen LogP contribution is -1.78. The minimum absolute atomic E-state index is 0.810. The van der Waals surface area contributed by atoms with Crippen molar-refractivity contribution in [1.29, 1.82) is 0 Å². The molecule has 0 amide bonds. The predicted molar refractivity (Wildman–Crippen MR) is 43.5 cm³/mol. The first kappa shape index (κ1) is 8.93. The maximum Gasteiger partial charge on any atom is 0.124 e. The zero-order valence-corrected chi connectivity index (χ0v) is 6.31. The second kappa shape index (κ2) is 4.78. The minimum Gasteiger partial charge on any atom is -0.233 e. The highest BCUT2D eigenvalue weighted by atomic mass is 16.1. The summed E-state index contributed by atoms with van der Waals surface area (Å²) in [5.41, 5.74) is 1.93. The predicted octanol–water partition coefficient (Wildman–Crippen LogP) is 2.29. The van der Waals surface area contributed by atoms with E-state index in [1.54, 1.807) is 5.94 Å². The molecule has 0 bridgehead atoms. The van der Waals surface area contributed by atoms with Gasteiger partial charge in [-0.15, -0.1) is 6.58 Å². The summed E-state index contributed by atoms with van der Waals surface area (Å²) in [6.07, 6.45) is 3.07. The molecular formula is C9H12O. The van der Waals surface area contributed by atoms with E-state index >= 15 is 0 Å². The van der Waals surface area contributed by atoms with Crippen molar-refractivity contribution in [3.63, 3.8) is 0 Å². The lowest BCUT2D eigenvalue weighted by Gasteiger charge is -1.96. The van der Waals surface area contributed by atoms with Crippen molar-refractivity contribution in [3.05, 3.63) is 30.4 Å². The molecule has 0 spiro atoms. The summed E-state index contributed by atoms with van der Waals surface area (Å²) < 4.78 is 0. The van der Waals surface area contributed by atoms with Crippen LogP contribution in [0.5, 0.6) is 0 Å². The van der Waals surface area contributed by atoms with Gasteiger partial charge >= 0.3 is 0 Å². The van der Waals surface area contributed by atoms with E-state index < -0.39 is 0 Å². The van der Waals surface area contributed by atoms with E-state index in [-0.39, 0.29) is 0 Å². The molecule has 1 heteroatoms. The molecule has 0 unspecified atom stereocenters. The van der Waals surface area contributed by atoms with Crippen LogP contribution < -0.4 is 0 Å². The van der Waals surface area contributed by atoms with Crippen molar-refractivity contribution in [1.82, 2.24) is 0 Å². The molecule has 0 aromatic carbocycles. The molecule has 0 aromatic rings. The van der Waals surface area contributed by atoms with Gasteiger partial charge in [-0.05, 0) is 25.3 Å². The third-order valence-electron chi connectivity index (χ3n) is 1.14. The van der Waals surface area contributed by atoms with Crippen LogP contribution in [0.15, 0.2) is 30.4 Å². The molecule has 1 nitrogen and oxygen atoms in total. The van der Waals surface area contributed by atoms with Crippen molar-refractivity contribution >= 4 is 5.94 Å². The van der Waals surface area contributed by atoms with E-state index in [1.807, 2.05) is 6.92 Å². The topological polar surface area (TPSA) is 17.1 Å². The first-order valence-corrected chi connectivity index (χ1v) is 3.20. The molecule has 0 N–H and O–H groups in total. The summed E-state index contributed by atoms with van der Waals surface area (Å²) in [6.45, 7) is 9.35. The van der Waals surface area contributed by atoms with E-state index in [9.17, 15) is 4.79 Å². The van der Waals surface area contributed by atoms with E-state index in [4.69, 9.17) is 0 Å². The lowest BCUT2D eigenvalue weighted by atomic mass is 10.1. The molecule has 0 fully saturated rings. The Labute approximate surface area is 61.8 Å². The van der Waals surface area contributed by atoms with Gasteiger partial charge in [0.05, 0.1) is 0 Å². The third-order valence-corrected chi connectivity index (χ3v) is 1.14. The summed E-state index contributed by atoms with van der Waals surface area (Å²) in [6, 6.07) is 0. The SMILES string of the molecule is C=C(C)CCC(=C)C=C=O. The van der Waals surface area contributed by atoms with Crippen LogP contribution in [-0.4, -0.2) is 5.94 Å². The van der Waals surface area contributed by atoms with Crippen LogP contribution in [0.1, 0.15) is 19.8 Å². The minimum atomic E-state index is 0.810. The first-order chi connectivity index (χ1) is 4.66. The standard InChI is InChI=1S/C9H12O/c1-8(2)4-5-9(3)6-7-10/h6H,1,3-5H2,2H3. The molecular weight excluding hydrogens is 124 g/mol. The maximum atomic E-state index is 9.80. The van der Waals surface area contributed by atoms with Crippen molar-refractivity contribution in [3.8, 4) is 0 Å². The van der Waals surface area contributed by atoms with Gasteiger partial charge in [-0.3, -0.25) is 0 Å². The van der Waals surface area contributed by atoms with E-state index in [2.05, 4.69) is 13.2 Å². The molecule has 0 rings (SSSR count). The first-order valence-electron chi connectivity index (χ1n) is 3.20. The van der Waals surface area contributed by atoms with Crippen LogP contribution in [0.25, 0.3) is 0 Å². The Morgan fingerprint density at radius 1 is 1.50 bits per heavy atom. The van der Waals surface area contributed by atoms with Gasteiger partial charge in [-0.1, -0.05) is 12.2 Å². The molecule has 0 aliphatic rings. The van der Waals surface area contributed by atoms with Gasteiger partial charge in [0, 0.05) is 6.08 Å². The quantitative estimate of drug-likeness (QED) is 0.329. The molecule has 0 atom stereocenters. The van der Waals surface area contributed by atoms with Crippen LogP contribution in [0.2, 0.25) is 0 Å². The Morgan fingerprint density at radius 3 is 2.50 bits per heavy atom. The van der Waals surface area contributed by atoms with E-state index in [0.717, 1.165) is 24.0 Å². The highest BCUT2D eigenvalue weighted by Gasteiger charge is 1.89. The Morgan fingerprint density at radius 2 is 2.10 bits per heavy atom. The van der Waals surface area contributed by atoms with Gasteiger partial charge in [0.15, 0.2) is 0 Å². The normalized spacial score (nSPS) is 8.10. The molecule has 0 aliphatic carbocycles. The van der Waals surface area contributed by atoms with E-state index in [0.29, 0.717) is 0 Å². The fraction of sp³-hybridized carbons (Fsp3) is 0.333. The summed E-state index contributed by atoms with van der Waals surface area (Å²) in [4.78, 5) is 9.80. The van der Waals surface area contributed by atoms with Crippen LogP contribution in [0.4, 0.5) is 0 Å². The van der Waals surface area contributed by atoms with Gasteiger partial charge in [0.1, 0.15) is 5.94 Å². The smallest absolute Gasteiger partial charge is 0.124 e. The molecule has 0 saturated heterocycles. The van der Waals surface area contributed by atoms with Crippen LogP contribution in [-0.2, 0) is 4.79 Å². The lowest BCUT2D eigenvalue weighted by molar-refractivity contribution is 0.568.